The van der Waals surface area contributed by atoms with Crippen molar-refractivity contribution in [3.63, 3.8) is 0 Å². The number of carbonyl (C=O) groups is 3. The molecule has 8 atom stereocenters. The van der Waals surface area contributed by atoms with Crippen LogP contribution in [0, 0.1) is 0 Å². The smallest absolute Gasteiger partial charge is 0.255 e. The summed E-state index contributed by atoms with van der Waals surface area (Å²) in [6.07, 6.45) is -4.29. The molecule has 0 spiro atoms. The molecular weight excluding hydrogens is 678 g/mol. The van der Waals surface area contributed by atoms with Crippen LogP contribution in [0.1, 0.15) is 75.8 Å². The Labute approximate surface area is 300 Å². The molecular formula is C37H45N3O12. The predicted molar refractivity (Wildman–Crippen MR) is 180 cm³/mol. The zero-order valence-corrected chi connectivity index (χ0v) is 29.7. The van der Waals surface area contributed by atoms with E-state index in [1.807, 2.05) is 13.8 Å². The summed E-state index contributed by atoms with van der Waals surface area (Å²) in [6.45, 7) is 7.86. The fraction of sp³-hybridized carbons (Fsp3) is 0.595. The number of rotatable bonds is 6. The molecule has 0 aromatic heterocycles. The number of aromatic hydroxyl groups is 2. The number of phenols is 2. The first-order chi connectivity index (χ1) is 25.0. The zero-order chi connectivity index (χ0) is 36.6. The summed E-state index contributed by atoms with van der Waals surface area (Å²) in [4.78, 5) is 48.3. The number of carbonyl (C=O) groups excluding carboxylic acids is 3. The highest BCUT2D eigenvalue weighted by atomic mass is 16.7. The number of aliphatic hydroxyl groups is 1. The van der Waals surface area contributed by atoms with Gasteiger partial charge in [-0.25, -0.2) is 0 Å². The fourth-order valence-electron chi connectivity index (χ4n) is 9.05. The van der Waals surface area contributed by atoms with Gasteiger partial charge in [-0.15, -0.1) is 0 Å². The lowest BCUT2D eigenvalue weighted by Gasteiger charge is -2.45. The van der Waals surface area contributed by atoms with Gasteiger partial charge in [-0.2, -0.15) is 0 Å². The molecule has 0 unspecified atom stereocenters. The highest BCUT2D eigenvalue weighted by molar-refractivity contribution is 6.31. The van der Waals surface area contributed by atoms with E-state index >= 15 is 0 Å². The first-order valence-corrected chi connectivity index (χ1v) is 18.0. The first kappa shape index (κ1) is 35.4. The summed E-state index contributed by atoms with van der Waals surface area (Å²) in [5.74, 6) is -2.95. The van der Waals surface area contributed by atoms with Gasteiger partial charge in [0.25, 0.3) is 5.91 Å². The molecule has 4 saturated heterocycles. The third kappa shape index (κ3) is 5.44. The standard InChI is InChI=1S/C37H45N3O12/c1-5-38-9-11-39(12-10-38)36(45)37(46)16-20-26(32(44)28-27(30(20)42)29(41)19-7-6-8-22(47-3)25(19)31(28)43)23(17-37)51-24-15-21-33(18(2)50-24)52-34-35(48-4)49-14-13-40(21)34/h6-8,18,21,23-24,33-35,42,44,46H,5,9-17H2,1-4H3/t18-,21-,23-,24-,33+,34+,35-,37-/m0/s1. The molecule has 6 aliphatic rings. The highest BCUT2D eigenvalue weighted by Crippen LogP contribution is 2.53. The molecule has 1 amide bonds. The topological polar surface area (TPSA) is 177 Å². The van der Waals surface area contributed by atoms with Crippen LogP contribution in [0.15, 0.2) is 18.2 Å². The molecule has 280 valence electrons. The molecule has 52 heavy (non-hydrogen) atoms. The lowest BCUT2D eigenvalue weighted by molar-refractivity contribution is -0.256. The van der Waals surface area contributed by atoms with E-state index < -0.39 is 77.6 Å². The van der Waals surface area contributed by atoms with Gasteiger partial charge < -0.3 is 53.5 Å². The Kier molecular flexibility index (Phi) is 9.06. The van der Waals surface area contributed by atoms with Crippen LogP contribution >= 0.6 is 0 Å². The second kappa shape index (κ2) is 13.3. The van der Waals surface area contributed by atoms with Gasteiger partial charge in [-0.1, -0.05) is 19.1 Å². The molecule has 4 fully saturated rings. The molecule has 3 N–H and O–H groups in total. The Bertz CT molecular complexity index is 1800. The maximum absolute atomic E-state index is 14.2. The quantitative estimate of drug-likeness (QED) is 0.310. The van der Waals surface area contributed by atoms with Gasteiger partial charge in [0, 0.05) is 81.8 Å². The van der Waals surface area contributed by atoms with Crippen LogP contribution in [0.3, 0.4) is 0 Å². The van der Waals surface area contributed by atoms with Gasteiger partial charge in [0.05, 0.1) is 42.6 Å². The van der Waals surface area contributed by atoms with E-state index in [1.54, 1.807) is 18.1 Å². The van der Waals surface area contributed by atoms with Gasteiger partial charge in [0.1, 0.15) is 29.0 Å². The maximum Gasteiger partial charge on any atom is 0.255 e. The van der Waals surface area contributed by atoms with Crippen molar-refractivity contribution >= 4 is 17.5 Å². The Morgan fingerprint density at radius 3 is 2.46 bits per heavy atom. The highest BCUT2D eigenvalue weighted by Gasteiger charge is 2.55. The molecule has 15 nitrogen and oxygen atoms in total. The maximum atomic E-state index is 14.2. The number of morpholine rings is 1. The van der Waals surface area contributed by atoms with E-state index in [2.05, 4.69) is 9.80 Å². The Balaban J connectivity index is 1.19. The van der Waals surface area contributed by atoms with E-state index in [-0.39, 0.29) is 52.1 Å². The fourth-order valence-corrected chi connectivity index (χ4v) is 9.05. The predicted octanol–water partition coefficient (Wildman–Crippen LogP) is 1.31. The van der Waals surface area contributed by atoms with Crippen LogP contribution in [0.2, 0.25) is 0 Å². The number of fused-ring (bicyclic) bond motifs is 6. The molecule has 0 bridgehead atoms. The van der Waals surface area contributed by atoms with Crippen molar-refractivity contribution in [2.24, 2.45) is 0 Å². The molecule has 2 aromatic rings. The molecule has 4 heterocycles. The van der Waals surface area contributed by atoms with Crippen molar-refractivity contribution in [3.05, 3.63) is 51.6 Å². The van der Waals surface area contributed by atoms with Crippen molar-refractivity contribution in [2.45, 2.75) is 81.9 Å². The van der Waals surface area contributed by atoms with Gasteiger partial charge in [-0.3, -0.25) is 19.3 Å². The van der Waals surface area contributed by atoms with Crippen LogP contribution in [0.4, 0.5) is 0 Å². The third-order valence-corrected chi connectivity index (χ3v) is 11.7. The van der Waals surface area contributed by atoms with E-state index in [0.717, 1.165) is 6.54 Å². The van der Waals surface area contributed by atoms with E-state index in [4.69, 9.17) is 28.4 Å². The lowest BCUT2D eigenvalue weighted by atomic mass is 9.72. The van der Waals surface area contributed by atoms with Gasteiger partial charge in [0.2, 0.25) is 5.78 Å². The SMILES string of the molecule is CCN1CCN(C(=O)[C@]2(O)Cc3c(O)c4c(c(O)c3[C@@H](O[C@H]3C[C@H]5[C@H](O[C@@H]6[C@@H](OC)OCCN65)[C@H](C)O3)C2)C(=O)c2c(OC)cccc2C4=O)CC1. The van der Waals surface area contributed by atoms with Crippen LogP contribution in [0.25, 0.3) is 0 Å². The monoisotopic (exact) mass is 723 g/mol. The van der Waals surface area contributed by atoms with E-state index in [1.165, 1.54) is 19.2 Å². The van der Waals surface area contributed by atoms with Gasteiger partial charge in [-0.05, 0) is 19.5 Å². The average Bonchev–Trinajstić information content (AvgIpc) is 3.54. The first-order valence-electron chi connectivity index (χ1n) is 18.0. The van der Waals surface area contributed by atoms with Gasteiger partial charge >= 0.3 is 0 Å². The number of likely N-dealkylation sites (N-methyl/N-ethyl adjacent to an activating group) is 1. The van der Waals surface area contributed by atoms with Gasteiger partial charge in [0.15, 0.2) is 24.6 Å². The Morgan fingerprint density at radius 1 is 1.00 bits per heavy atom. The molecule has 2 aliphatic carbocycles. The molecule has 0 saturated carbocycles. The van der Waals surface area contributed by atoms with Crippen molar-refractivity contribution in [1.82, 2.24) is 14.7 Å². The van der Waals surface area contributed by atoms with Crippen LogP contribution in [0.5, 0.6) is 17.2 Å². The number of ether oxygens (including phenoxy) is 6. The number of methoxy groups -OCH3 is 2. The van der Waals surface area contributed by atoms with Crippen molar-refractivity contribution < 1.29 is 58.1 Å². The number of amides is 1. The minimum absolute atomic E-state index is 0.00491. The van der Waals surface area contributed by atoms with Crippen molar-refractivity contribution in [3.8, 4) is 17.2 Å². The summed E-state index contributed by atoms with van der Waals surface area (Å²) in [5.41, 5.74) is -2.90. The summed E-state index contributed by atoms with van der Waals surface area (Å²) in [6, 6.07) is 4.40. The molecule has 8 rings (SSSR count). The van der Waals surface area contributed by atoms with E-state index in [9.17, 15) is 29.7 Å². The number of hydrogen-bond donors (Lipinski definition) is 3. The number of phenolic OH excluding ortho intramolecular Hbond substituents is 2. The number of nitrogens with zero attached hydrogens (tertiary/aromatic N) is 3. The minimum Gasteiger partial charge on any atom is -0.507 e. The largest absolute Gasteiger partial charge is 0.507 e. The Hall–Kier alpha value is -3.67. The van der Waals surface area contributed by atoms with Crippen LogP contribution < -0.4 is 4.74 Å². The minimum atomic E-state index is -2.08. The molecule has 2 aromatic carbocycles. The number of ketones is 2. The average molecular weight is 724 g/mol. The third-order valence-electron chi connectivity index (χ3n) is 11.7. The summed E-state index contributed by atoms with van der Waals surface area (Å²) >= 11 is 0. The van der Waals surface area contributed by atoms with Crippen LogP contribution in [-0.4, -0.2) is 150 Å². The molecule has 0 radical (unpaired) electrons. The number of benzene rings is 2. The second-order valence-corrected chi connectivity index (χ2v) is 14.4. The normalized spacial score (nSPS) is 33.2. The summed E-state index contributed by atoms with van der Waals surface area (Å²) in [5, 5.41) is 36.2. The Morgan fingerprint density at radius 2 is 1.75 bits per heavy atom. The zero-order valence-electron chi connectivity index (χ0n) is 29.7. The number of hydrogen-bond acceptors (Lipinski definition) is 14. The summed E-state index contributed by atoms with van der Waals surface area (Å²) in [7, 11) is 2.93. The van der Waals surface area contributed by atoms with Crippen molar-refractivity contribution in [2.75, 3.05) is 60.1 Å². The van der Waals surface area contributed by atoms with E-state index in [0.29, 0.717) is 45.8 Å². The second-order valence-electron chi connectivity index (χ2n) is 14.4. The summed E-state index contributed by atoms with van der Waals surface area (Å²) < 4.78 is 36.0. The molecule has 4 aliphatic heterocycles. The van der Waals surface area contributed by atoms with Crippen molar-refractivity contribution in [1.29, 1.82) is 0 Å². The number of piperazine rings is 1. The lowest BCUT2D eigenvalue weighted by Crippen LogP contribution is -2.58. The molecule has 15 heteroatoms. The van der Waals surface area contributed by atoms with Crippen LogP contribution in [-0.2, 0) is 34.9 Å².